The zero-order chi connectivity index (χ0) is 13.7. The molecule has 2 atom stereocenters. The molecule has 0 bridgehead atoms. The van der Waals surface area contributed by atoms with Crippen LogP contribution in [0.4, 0.5) is 0 Å². The Morgan fingerprint density at radius 2 is 1.79 bits per heavy atom. The van der Waals surface area contributed by atoms with Crippen molar-refractivity contribution in [3.05, 3.63) is 42.5 Å². The molecule has 0 spiro atoms. The first-order valence-corrected chi connectivity index (χ1v) is 7.96. The van der Waals surface area contributed by atoms with Crippen molar-refractivity contribution in [3.8, 4) is 0 Å². The van der Waals surface area contributed by atoms with Gasteiger partial charge in [0.15, 0.2) is 0 Å². The van der Waals surface area contributed by atoms with Crippen molar-refractivity contribution in [2.75, 3.05) is 6.54 Å². The van der Waals surface area contributed by atoms with Crippen LogP contribution >= 0.6 is 11.8 Å². The monoisotopic (exact) mass is 273 g/mol. The SMILES string of the molecule is CCNC(C)CC(C)Sc1ccc2ccccc2c1. The van der Waals surface area contributed by atoms with Crippen molar-refractivity contribution in [1.82, 2.24) is 5.32 Å². The predicted molar refractivity (Wildman–Crippen MR) is 87.0 cm³/mol. The molecule has 2 aromatic carbocycles. The van der Waals surface area contributed by atoms with Gasteiger partial charge in [0, 0.05) is 16.2 Å². The van der Waals surface area contributed by atoms with Crippen LogP contribution in [0.2, 0.25) is 0 Å². The van der Waals surface area contributed by atoms with E-state index in [0.29, 0.717) is 11.3 Å². The molecule has 2 aromatic rings. The molecular weight excluding hydrogens is 250 g/mol. The van der Waals surface area contributed by atoms with E-state index >= 15 is 0 Å². The maximum atomic E-state index is 3.48. The zero-order valence-electron chi connectivity index (χ0n) is 12.0. The summed E-state index contributed by atoms with van der Waals surface area (Å²) in [5.41, 5.74) is 0. The molecule has 0 aliphatic rings. The second kappa shape index (κ2) is 6.97. The van der Waals surface area contributed by atoms with Crippen LogP contribution in [0.5, 0.6) is 0 Å². The number of rotatable bonds is 6. The Kier molecular flexibility index (Phi) is 5.29. The predicted octanol–water partition coefficient (Wildman–Crippen LogP) is 4.71. The molecule has 0 fully saturated rings. The van der Waals surface area contributed by atoms with Crippen molar-refractivity contribution >= 4 is 22.5 Å². The Bertz CT molecular complexity index is 523. The third kappa shape index (κ3) is 4.26. The van der Waals surface area contributed by atoms with E-state index < -0.39 is 0 Å². The van der Waals surface area contributed by atoms with Crippen molar-refractivity contribution in [2.45, 2.75) is 43.4 Å². The first-order chi connectivity index (χ1) is 9.19. The summed E-state index contributed by atoms with van der Waals surface area (Å²) in [6.07, 6.45) is 1.20. The van der Waals surface area contributed by atoms with Crippen molar-refractivity contribution in [1.29, 1.82) is 0 Å². The number of thioether (sulfide) groups is 1. The summed E-state index contributed by atoms with van der Waals surface area (Å²) < 4.78 is 0. The van der Waals surface area contributed by atoms with Crippen LogP contribution in [0.1, 0.15) is 27.2 Å². The fourth-order valence-electron chi connectivity index (χ4n) is 2.45. The highest BCUT2D eigenvalue weighted by atomic mass is 32.2. The summed E-state index contributed by atoms with van der Waals surface area (Å²) in [4.78, 5) is 1.37. The van der Waals surface area contributed by atoms with Gasteiger partial charge in [-0.15, -0.1) is 11.8 Å². The van der Waals surface area contributed by atoms with E-state index in [0.717, 1.165) is 6.54 Å². The first-order valence-electron chi connectivity index (χ1n) is 7.08. The van der Waals surface area contributed by atoms with Gasteiger partial charge in [-0.25, -0.2) is 0 Å². The Labute approximate surface area is 120 Å². The largest absolute Gasteiger partial charge is 0.314 e. The van der Waals surface area contributed by atoms with Crippen molar-refractivity contribution in [2.24, 2.45) is 0 Å². The molecule has 0 aliphatic heterocycles. The lowest BCUT2D eigenvalue weighted by Crippen LogP contribution is -2.28. The molecule has 0 heterocycles. The Balaban J connectivity index is 2.00. The third-order valence-electron chi connectivity index (χ3n) is 3.30. The lowest BCUT2D eigenvalue weighted by atomic mass is 10.1. The highest BCUT2D eigenvalue weighted by molar-refractivity contribution is 8.00. The third-order valence-corrected chi connectivity index (χ3v) is 4.42. The summed E-state index contributed by atoms with van der Waals surface area (Å²) >= 11 is 1.97. The molecule has 0 radical (unpaired) electrons. The van der Waals surface area contributed by atoms with Crippen molar-refractivity contribution < 1.29 is 0 Å². The number of nitrogens with one attached hydrogen (secondary N) is 1. The maximum absolute atomic E-state index is 3.48. The van der Waals surface area contributed by atoms with Gasteiger partial charge in [0.2, 0.25) is 0 Å². The normalized spacial score (nSPS) is 14.5. The van der Waals surface area contributed by atoms with Gasteiger partial charge in [0.1, 0.15) is 0 Å². The second-order valence-corrected chi connectivity index (χ2v) is 6.64. The van der Waals surface area contributed by atoms with Crippen LogP contribution in [-0.4, -0.2) is 17.8 Å². The van der Waals surface area contributed by atoms with E-state index in [1.807, 2.05) is 11.8 Å². The van der Waals surface area contributed by atoms with Crippen molar-refractivity contribution in [3.63, 3.8) is 0 Å². The van der Waals surface area contributed by atoms with Crippen LogP contribution in [0, 0.1) is 0 Å². The Hall–Kier alpha value is -0.990. The highest BCUT2D eigenvalue weighted by Crippen LogP contribution is 2.28. The smallest absolute Gasteiger partial charge is 0.00810 e. The maximum Gasteiger partial charge on any atom is 0.00810 e. The van der Waals surface area contributed by atoms with Gasteiger partial charge in [-0.3, -0.25) is 0 Å². The van der Waals surface area contributed by atoms with Gasteiger partial charge in [0.25, 0.3) is 0 Å². The van der Waals surface area contributed by atoms with Gasteiger partial charge in [0.05, 0.1) is 0 Å². The van der Waals surface area contributed by atoms with Gasteiger partial charge in [-0.2, -0.15) is 0 Å². The van der Waals surface area contributed by atoms with Gasteiger partial charge in [-0.1, -0.05) is 44.2 Å². The molecule has 1 N–H and O–H groups in total. The molecule has 2 rings (SSSR count). The summed E-state index contributed by atoms with van der Waals surface area (Å²) in [6, 6.07) is 15.9. The van der Waals surface area contributed by atoms with E-state index in [4.69, 9.17) is 0 Å². The summed E-state index contributed by atoms with van der Waals surface area (Å²) in [5, 5.41) is 6.77. The molecule has 2 heteroatoms. The van der Waals surface area contributed by atoms with Gasteiger partial charge < -0.3 is 5.32 Å². The van der Waals surface area contributed by atoms with Crippen LogP contribution in [0.3, 0.4) is 0 Å². The topological polar surface area (TPSA) is 12.0 Å². The fourth-order valence-corrected chi connectivity index (χ4v) is 3.64. The minimum absolute atomic E-state index is 0.591. The molecular formula is C17H23NS. The molecule has 19 heavy (non-hydrogen) atoms. The quantitative estimate of drug-likeness (QED) is 0.765. The Morgan fingerprint density at radius 1 is 1.05 bits per heavy atom. The van der Waals surface area contributed by atoms with Gasteiger partial charge in [-0.05, 0) is 42.8 Å². The molecule has 1 nitrogen and oxygen atoms in total. The number of fused-ring (bicyclic) bond motifs is 1. The average Bonchev–Trinajstić information content (AvgIpc) is 2.38. The van der Waals surface area contributed by atoms with Crippen LogP contribution in [0.15, 0.2) is 47.4 Å². The highest BCUT2D eigenvalue weighted by Gasteiger charge is 2.09. The number of hydrogen-bond donors (Lipinski definition) is 1. The van der Waals surface area contributed by atoms with E-state index in [1.165, 1.54) is 22.1 Å². The van der Waals surface area contributed by atoms with Crippen LogP contribution in [0.25, 0.3) is 10.8 Å². The summed E-state index contributed by atoms with van der Waals surface area (Å²) in [6.45, 7) is 7.79. The molecule has 0 saturated carbocycles. The first kappa shape index (κ1) is 14.4. The summed E-state index contributed by atoms with van der Waals surface area (Å²) in [7, 11) is 0. The molecule has 0 saturated heterocycles. The molecule has 0 amide bonds. The van der Waals surface area contributed by atoms with E-state index in [-0.39, 0.29) is 0 Å². The van der Waals surface area contributed by atoms with Crippen LogP contribution in [-0.2, 0) is 0 Å². The van der Waals surface area contributed by atoms with E-state index in [1.54, 1.807) is 0 Å². The molecule has 2 unspecified atom stereocenters. The number of benzene rings is 2. The van der Waals surface area contributed by atoms with E-state index in [2.05, 4.69) is 68.6 Å². The standard InChI is InChI=1S/C17H23NS/c1-4-18-13(2)11-14(3)19-17-10-9-15-7-5-6-8-16(15)12-17/h5-10,12-14,18H,4,11H2,1-3H3. The minimum atomic E-state index is 0.591. The average molecular weight is 273 g/mol. The molecule has 0 aromatic heterocycles. The minimum Gasteiger partial charge on any atom is -0.314 e. The molecule has 0 aliphatic carbocycles. The summed E-state index contributed by atoms with van der Waals surface area (Å²) in [5.74, 6) is 0. The van der Waals surface area contributed by atoms with E-state index in [9.17, 15) is 0 Å². The lowest BCUT2D eigenvalue weighted by Gasteiger charge is -2.17. The lowest BCUT2D eigenvalue weighted by molar-refractivity contribution is 0.530. The van der Waals surface area contributed by atoms with Crippen LogP contribution < -0.4 is 5.32 Å². The zero-order valence-corrected chi connectivity index (χ0v) is 12.8. The van der Waals surface area contributed by atoms with Gasteiger partial charge >= 0.3 is 0 Å². The fraction of sp³-hybridized carbons (Fsp3) is 0.412. The second-order valence-electron chi connectivity index (χ2n) is 5.13. The Morgan fingerprint density at radius 3 is 2.53 bits per heavy atom. The molecule has 102 valence electrons. The number of hydrogen-bond acceptors (Lipinski definition) is 2.